The number of carbonyl (C=O) groups excluding carboxylic acids is 1. The van der Waals surface area contributed by atoms with Crippen LogP contribution in [0.2, 0.25) is 0 Å². The zero-order valence-corrected chi connectivity index (χ0v) is 18.4. The van der Waals surface area contributed by atoms with Crippen LogP contribution in [0.15, 0.2) is 36.4 Å². The molecule has 0 aliphatic carbocycles. The van der Waals surface area contributed by atoms with Crippen LogP contribution < -0.4 is 14.8 Å². The summed E-state index contributed by atoms with van der Waals surface area (Å²) >= 11 is 0. The smallest absolute Gasteiger partial charge is 0.261 e. The van der Waals surface area contributed by atoms with Gasteiger partial charge in [-0.1, -0.05) is 39.0 Å². The summed E-state index contributed by atoms with van der Waals surface area (Å²) in [4.78, 5) is 12.5. The van der Waals surface area contributed by atoms with Gasteiger partial charge >= 0.3 is 0 Å². The molecule has 30 heavy (non-hydrogen) atoms. The normalized spacial score (nSPS) is 16.4. The highest BCUT2D eigenvalue weighted by Crippen LogP contribution is 2.32. The molecule has 2 aromatic carbocycles. The first kappa shape index (κ1) is 22.1. The number of nitrogens with one attached hydrogen (secondary N) is 2. The maximum Gasteiger partial charge on any atom is 0.261 e. The first-order valence-corrected chi connectivity index (χ1v) is 11.7. The van der Waals surface area contributed by atoms with Crippen molar-refractivity contribution in [1.29, 1.82) is 0 Å². The minimum absolute atomic E-state index is 0.0465. The standard InChI is InChI=1S/C22H27FN2O4S/c1-22(2,3)16-7-10-19-15(12-16)6-9-20(29-19)21(26)24-13-14-5-8-18(17(23)11-14)25-30(4,27)28/h5,7-8,10-12,20,25H,6,9,13H2,1-4H3,(H,24,26). The average molecular weight is 435 g/mol. The minimum atomic E-state index is -3.56. The van der Waals surface area contributed by atoms with Gasteiger partial charge in [-0.15, -0.1) is 0 Å². The molecule has 6 nitrogen and oxygen atoms in total. The lowest BCUT2D eigenvalue weighted by atomic mass is 9.85. The molecule has 0 spiro atoms. The predicted octanol–water partition coefficient (Wildman–Crippen LogP) is 3.50. The fourth-order valence-corrected chi connectivity index (χ4v) is 3.86. The molecule has 8 heteroatoms. The van der Waals surface area contributed by atoms with Crippen LogP contribution in [0.3, 0.4) is 0 Å². The Morgan fingerprint density at radius 3 is 2.57 bits per heavy atom. The lowest BCUT2D eigenvalue weighted by Gasteiger charge is -2.27. The molecule has 2 N–H and O–H groups in total. The number of ether oxygens (including phenoxy) is 1. The lowest BCUT2D eigenvalue weighted by molar-refractivity contribution is -0.128. The van der Waals surface area contributed by atoms with E-state index >= 15 is 0 Å². The van der Waals surface area contributed by atoms with Crippen molar-refractivity contribution in [3.05, 3.63) is 58.9 Å². The molecule has 2 aromatic rings. The second kappa shape index (κ2) is 8.26. The number of sulfonamides is 1. The first-order valence-electron chi connectivity index (χ1n) is 9.76. The van der Waals surface area contributed by atoms with Crippen molar-refractivity contribution < 1.29 is 22.3 Å². The summed E-state index contributed by atoms with van der Waals surface area (Å²) in [7, 11) is -3.56. The minimum Gasteiger partial charge on any atom is -0.480 e. The summed E-state index contributed by atoms with van der Waals surface area (Å²) in [5, 5.41) is 2.76. The lowest BCUT2D eigenvalue weighted by Crippen LogP contribution is -2.40. The Bertz CT molecular complexity index is 1060. The van der Waals surface area contributed by atoms with Crippen LogP contribution in [-0.2, 0) is 33.2 Å². The number of hydrogen-bond acceptors (Lipinski definition) is 4. The predicted molar refractivity (Wildman–Crippen MR) is 115 cm³/mol. The Labute approximate surface area is 176 Å². The van der Waals surface area contributed by atoms with Crippen molar-refractivity contribution in [3.63, 3.8) is 0 Å². The third-order valence-electron chi connectivity index (χ3n) is 4.96. The third kappa shape index (κ3) is 5.50. The molecule has 0 fully saturated rings. The zero-order valence-electron chi connectivity index (χ0n) is 17.6. The van der Waals surface area contributed by atoms with E-state index in [1.807, 2.05) is 12.1 Å². The van der Waals surface area contributed by atoms with Gasteiger partial charge < -0.3 is 10.1 Å². The van der Waals surface area contributed by atoms with E-state index in [9.17, 15) is 17.6 Å². The Balaban J connectivity index is 1.60. The molecular weight excluding hydrogens is 407 g/mol. The van der Waals surface area contributed by atoms with Gasteiger partial charge in [0.25, 0.3) is 5.91 Å². The molecule has 0 saturated heterocycles. The summed E-state index contributed by atoms with van der Waals surface area (Å²) in [6.45, 7) is 6.58. The molecule has 1 heterocycles. The van der Waals surface area contributed by atoms with Crippen LogP contribution >= 0.6 is 0 Å². The molecular formula is C22H27FN2O4S. The van der Waals surface area contributed by atoms with Gasteiger partial charge in [0, 0.05) is 6.54 Å². The molecule has 3 rings (SSSR count). The number of rotatable bonds is 5. The number of benzene rings is 2. The van der Waals surface area contributed by atoms with E-state index in [0.717, 1.165) is 24.0 Å². The van der Waals surface area contributed by atoms with E-state index in [-0.39, 0.29) is 23.6 Å². The van der Waals surface area contributed by atoms with Gasteiger partial charge in [-0.05, 0) is 53.1 Å². The van der Waals surface area contributed by atoms with Crippen molar-refractivity contribution in [2.24, 2.45) is 0 Å². The summed E-state index contributed by atoms with van der Waals surface area (Å²) in [6, 6.07) is 10.2. The van der Waals surface area contributed by atoms with Crippen LogP contribution in [0.5, 0.6) is 5.75 Å². The molecule has 1 aliphatic rings. The largest absolute Gasteiger partial charge is 0.480 e. The van der Waals surface area contributed by atoms with Crippen LogP contribution in [0.4, 0.5) is 10.1 Å². The number of halogens is 1. The SMILES string of the molecule is CC(C)(C)c1ccc2c(c1)CCC(C(=O)NCc1ccc(NS(C)(=O)=O)c(F)c1)O2. The molecule has 1 atom stereocenters. The topological polar surface area (TPSA) is 84.5 Å². The van der Waals surface area contributed by atoms with Gasteiger partial charge in [-0.2, -0.15) is 0 Å². The quantitative estimate of drug-likeness (QED) is 0.754. The van der Waals surface area contributed by atoms with E-state index in [1.54, 1.807) is 6.07 Å². The van der Waals surface area contributed by atoms with Gasteiger partial charge in [-0.3, -0.25) is 9.52 Å². The van der Waals surface area contributed by atoms with Crippen molar-refractivity contribution in [1.82, 2.24) is 5.32 Å². The number of amides is 1. The van der Waals surface area contributed by atoms with Gasteiger partial charge in [0.15, 0.2) is 6.10 Å². The highest BCUT2D eigenvalue weighted by Gasteiger charge is 2.27. The van der Waals surface area contributed by atoms with E-state index in [0.29, 0.717) is 12.0 Å². The number of carbonyl (C=O) groups is 1. The van der Waals surface area contributed by atoms with Crippen molar-refractivity contribution in [3.8, 4) is 5.75 Å². The second-order valence-corrected chi connectivity index (χ2v) is 10.4. The highest BCUT2D eigenvalue weighted by molar-refractivity contribution is 7.92. The van der Waals surface area contributed by atoms with Gasteiger partial charge in [-0.25, -0.2) is 12.8 Å². The molecule has 162 valence electrons. The third-order valence-corrected chi connectivity index (χ3v) is 5.55. The zero-order chi connectivity index (χ0) is 22.1. The highest BCUT2D eigenvalue weighted by atomic mass is 32.2. The molecule has 1 aliphatic heterocycles. The summed E-state index contributed by atoms with van der Waals surface area (Å²) < 4.78 is 44.5. The van der Waals surface area contributed by atoms with E-state index in [4.69, 9.17) is 4.74 Å². The Hall–Kier alpha value is -2.61. The Kier molecular flexibility index (Phi) is 6.08. The van der Waals surface area contributed by atoms with Crippen LogP contribution in [-0.4, -0.2) is 26.7 Å². The number of aryl methyl sites for hydroxylation is 1. The Morgan fingerprint density at radius 1 is 1.20 bits per heavy atom. The maximum absolute atomic E-state index is 14.1. The molecule has 1 amide bonds. The van der Waals surface area contributed by atoms with E-state index in [1.165, 1.54) is 17.7 Å². The fraction of sp³-hybridized carbons (Fsp3) is 0.409. The average Bonchev–Trinajstić information content (AvgIpc) is 2.65. The second-order valence-electron chi connectivity index (χ2n) is 8.62. The van der Waals surface area contributed by atoms with Gasteiger partial charge in [0.05, 0.1) is 11.9 Å². The molecule has 0 saturated carbocycles. The summed E-state index contributed by atoms with van der Waals surface area (Å²) in [5.41, 5.74) is 2.76. The molecule has 0 bridgehead atoms. The van der Waals surface area contributed by atoms with Crippen molar-refractivity contribution in [2.45, 2.75) is 51.7 Å². The molecule has 0 aromatic heterocycles. The van der Waals surface area contributed by atoms with Crippen LogP contribution in [0.25, 0.3) is 0 Å². The number of anilines is 1. The first-order chi connectivity index (χ1) is 13.9. The summed E-state index contributed by atoms with van der Waals surface area (Å²) in [6.07, 6.45) is 1.66. The monoisotopic (exact) mass is 434 g/mol. The van der Waals surface area contributed by atoms with Crippen LogP contribution in [0, 0.1) is 5.82 Å². The van der Waals surface area contributed by atoms with Gasteiger partial charge in [0.2, 0.25) is 10.0 Å². The molecule has 1 unspecified atom stereocenters. The van der Waals surface area contributed by atoms with Gasteiger partial charge in [0.1, 0.15) is 11.6 Å². The van der Waals surface area contributed by atoms with E-state index in [2.05, 4.69) is 36.9 Å². The maximum atomic E-state index is 14.1. The Morgan fingerprint density at radius 2 is 1.93 bits per heavy atom. The molecule has 0 radical (unpaired) electrons. The van der Waals surface area contributed by atoms with Crippen LogP contribution in [0.1, 0.15) is 43.9 Å². The van der Waals surface area contributed by atoms with Crippen molar-refractivity contribution in [2.75, 3.05) is 11.0 Å². The number of fused-ring (bicyclic) bond motifs is 1. The van der Waals surface area contributed by atoms with E-state index < -0.39 is 21.9 Å². The fourth-order valence-electron chi connectivity index (χ4n) is 3.29. The van der Waals surface area contributed by atoms with Crippen molar-refractivity contribution >= 4 is 21.6 Å². The number of hydrogen-bond donors (Lipinski definition) is 2. The summed E-state index contributed by atoms with van der Waals surface area (Å²) in [5.74, 6) is -0.249.